The van der Waals surface area contributed by atoms with Gasteiger partial charge in [0.05, 0.1) is 36.8 Å². The molecule has 234 valence electrons. The molecule has 7 rings (SSSR count). The Morgan fingerprint density at radius 2 is 1.78 bits per heavy atom. The fraction of sp³-hybridized carbons (Fsp3) is 0.278. The van der Waals surface area contributed by atoms with Crippen LogP contribution in [0.3, 0.4) is 0 Å². The van der Waals surface area contributed by atoms with Gasteiger partial charge in [-0.15, -0.1) is 0 Å². The van der Waals surface area contributed by atoms with Crippen molar-refractivity contribution in [2.24, 2.45) is 7.05 Å². The Morgan fingerprint density at radius 3 is 2.65 bits per heavy atom. The first kappa shape index (κ1) is 29.5. The number of benzene rings is 3. The molecular formula is C36H35N5O5. The first-order valence-electron chi connectivity index (χ1n) is 15.6. The molecule has 0 spiro atoms. The number of aromatic carboxylic acids is 1. The van der Waals surface area contributed by atoms with Crippen molar-refractivity contribution in [3.05, 3.63) is 102 Å². The SMILES string of the molecule is Cn1nc(COc2cncnc2)c2c1COCCCCn1c(C(=O)O)c(CCCOc3cccc4ccccc34)c3cccc-2c31. The van der Waals surface area contributed by atoms with E-state index in [2.05, 4.69) is 28.2 Å². The number of hydrogen-bond donors (Lipinski definition) is 1. The summed E-state index contributed by atoms with van der Waals surface area (Å²) in [4.78, 5) is 21.1. The van der Waals surface area contributed by atoms with Crippen molar-refractivity contribution in [1.82, 2.24) is 24.3 Å². The summed E-state index contributed by atoms with van der Waals surface area (Å²) in [5.74, 6) is 0.439. The maximum Gasteiger partial charge on any atom is 0.352 e. The molecule has 0 fully saturated rings. The van der Waals surface area contributed by atoms with Crippen LogP contribution >= 0.6 is 0 Å². The zero-order valence-electron chi connectivity index (χ0n) is 25.7. The Hall–Kier alpha value is -5.22. The van der Waals surface area contributed by atoms with Gasteiger partial charge in [-0.2, -0.15) is 5.10 Å². The molecule has 0 atom stereocenters. The number of carboxylic acids is 1. The summed E-state index contributed by atoms with van der Waals surface area (Å²) in [5.41, 5.74) is 5.49. The van der Waals surface area contributed by atoms with Gasteiger partial charge in [0.2, 0.25) is 0 Å². The van der Waals surface area contributed by atoms with Crippen molar-refractivity contribution in [2.75, 3.05) is 13.2 Å². The van der Waals surface area contributed by atoms with Crippen LogP contribution in [0.5, 0.6) is 11.5 Å². The Kier molecular flexibility index (Phi) is 8.35. The monoisotopic (exact) mass is 617 g/mol. The van der Waals surface area contributed by atoms with Crippen LogP contribution < -0.4 is 9.47 Å². The van der Waals surface area contributed by atoms with E-state index in [1.54, 1.807) is 12.4 Å². The zero-order valence-corrected chi connectivity index (χ0v) is 25.7. The summed E-state index contributed by atoms with van der Waals surface area (Å²) >= 11 is 0. The van der Waals surface area contributed by atoms with E-state index in [-0.39, 0.29) is 6.61 Å². The number of carboxylic acid groups (broad SMARTS) is 1. The van der Waals surface area contributed by atoms with Gasteiger partial charge < -0.3 is 23.9 Å². The third kappa shape index (κ3) is 5.67. The summed E-state index contributed by atoms with van der Waals surface area (Å²) in [7, 11) is 1.90. The van der Waals surface area contributed by atoms with Crippen molar-refractivity contribution in [2.45, 2.75) is 45.4 Å². The molecule has 0 amide bonds. The van der Waals surface area contributed by atoms with E-state index in [0.717, 1.165) is 68.3 Å². The van der Waals surface area contributed by atoms with E-state index >= 15 is 0 Å². The topological polar surface area (TPSA) is 114 Å². The van der Waals surface area contributed by atoms with E-state index in [1.165, 1.54) is 6.33 Å². The third-order valence-corrected chi connectivity index (χ3v) is 8.55. The third-order valence-electron chi connectivity index (χ3n) is 8.55. The largest absolute Gasteiger partial charge is 0.493 e. The molecule has 0 saturated carbocycles. The van der Waals surface area contributed by atoms with Gasteiger partial charge in [0.1, 0.15) is 30.1 Å². The highest BCUT2D eigenvalue weighted by molar-refractivity contribution is 6.04. The molecule has 0 aliphatic carbocycles. The quantitative estimate of drug-likeness (QED) is 0.181. The van der Waals surface area contributed by atoms with Gasteiger partial charge >= 0.3 is 5.97 Å². The number of rotatable bonds is 9. The fourth-order valence-electron chi connectivity index (χ4n) is 6.51. The van der Waals surface area contributed by atoms with E-state index in [4.69, 9.17) is 19.3 Å². The first-order chi connectivity index (χ1) is 22.6. The predicted octanol–water partition coefficient (Wildman–Crippen LogP) is 6.58. The number of para-hydroxylation sites is 1. The average molecular weight is 618 g/mol. The molecule has 46 heavy (non-hydrogen) atoms. The van der Waals surface area contributed by atoms with Gasteiger partial charge in [0.15, 0.2) is 5.75 Å². The molecule has 10 heteroatoms. The molecule has 0 saturated heterocycles. The van der Waals surface area contributed by atoms with E-state index in [1.807, 2.05) is 58.8 Å². The molecule has 4 heterocycles. The maximum atomic E-state index is 13.0. The van der Waals surface area contributed by atoms with Crippen molar-refractivity contribution in [1.29, 1.82) is 0 Å². The zero-order chi connectivity index (χ0) is 31.5. The molecule has 1 aliphatic heterocycles. The molecule has 1 aliphatic rings. The normalized spacial score (nSPS) is 13.3. The van der Waals surface area contributed by atoms with Crippen molar-refractivity contribution < 1.29 is 24.1 Å². The number of carbonyl (C=O) groups is 1. The molecule has 0 unspecified atom stereocenters. The van der Waals surface area contributed by atoms with Gasteiger partial charge in [0.25, 0.3) is 0 Å². The van der Waals surface area contributed by atoms with Crippen molar-refractivity contribution >= 4 is 27.6 Å². The van der Waals surface area contributed by atoms with E-state index < -0.39 is 5.97 Å². The van der Waals surface area contributed by atoms with Gasteiger partial charge in [0, 0.05) is 42.1 Å². The summed E-state index contributed by atoms with van der Waals surface area (Å²) in [5, 5.41) is 18.6. The Balaban J connectivity index is 1.28. The second kappa shape index (κ2) is 13.0. The van der Waals surface area contributed by atoms with Gasteiger partial charge in [-0.1, -0.05) is 54.6 Å². The second-order valence-electron chi connectivity index (χ2n) is 11.4. The van der Waals surface area contributed by atoms with Crippen LogP contribution in [0.4, 0.5) is 0 Å². The lowest BCUT2D eigenvalue weighted by Gasteiger charge is -2.13. The molecule has 3 aromatic heterocycles. The first-order valence-corrected chi connectivity index (χ1v) is 15.6. The molecule has 0 bridgehead atoms. The lowest BCUT2D eigenvalue weighted by molar-refractivity contribution is 0.0683. The minimum absolute atomic E-state index is 0.192. The minimum Gasteiger partial charge on any atom is -0.493 e. The number of aryl methyl sites for hydroxylation is 3. The Labute approximate surface area is 266 Å². The molecule has 3 aromatic carbocycles. The van der Waals surface area contributed by atoms with Crippen LogP contribution in [0.15, 0.2) is 79.4 Å². The van der Waals surface area contributed by atoms with Crippen molar-refractivity contribution in [3.8, 4) is 22.6 Å². The maximum absolute atomic E-state index is 13.0. The Morgan fingerprint density at radius 1 is 0.978 bits per heavy atom. The fourth-order valence-corrected chi connectivity index (χ4v) is 6.51. The van der Waals surface area contributed by atoms with Crippen LogP contribution in [0.1, 0.15) is 46.7 Å². The molecule has 0 radical (unpaired) electrons. The van der Waals surface area contributed by atoms with Crippen LogP contribution in [0.2, 0.25) is 0 Å². The van der Waals surface area contributed by atoms with Gasteiger partial charge in [-0.05, 0) is 42.7 Å². The van der Waals surface area contributed by atoms with Crippen LogP contribution in [-0.4, -0.2) is 48.6 Å². The number of fused-ring (bicyclic) bond motifs is 3. The number of hydrogen-bond acceptors (Lipinski definition) is 7. The number of aromatic nitrogens is 5. The average Bonchev–Trinajstić information content (AvgIpc) is 3.56. The highest BCUT2D eigenvalue weighted by Crippen LogP contribution is 2.39. The molecular weight excluding hydrogens is 582 g/mol. The second-order valence-corrected chi connectivity index (χ2v) is 11.4. The highest BCUT2D eigenvalue weighted by Gasteiger charge is 2.28. The number of nitrogens with zero attached hydrogens (tertiary/aromatic N) is 5. The predicted molar refractivity (Wildman–Crippen MR) is 174 cm³/mol. The standard InChI is InChI=1S/C36H35N5O5/c1-40-31-22-44-17-5-4-16-41-34-27(12-7-13-29(34)33(31)30(39-40)21-46-25-19-37-23-38-20-25)28(35(41)36(42)43)14-8-18-45-32-15-6-10-24-9-2-3-11-26(24)32/h2-3,6-7,9-13,15,19-20,23H,4-5,8,14,16-18,21-22H2,1H3,(H,42,43). The molecule has 1 N–H and O–H groups in total. The highest BCUT2D eigenvalue weighted by atomic mass is 16.5. The summed E-state index contributed by atoms with van der Waals surface area (Å²) in [6.07, 6.45) is 7.52. The summed E-state index contributed by atoms with van der Waals surface area (Å²) < 4.78 is 22.2. The summed E-state index contributed by atoms with van der Waals surface area (Å²) in [6.45, 7) is 2.17. The van der Waals surface area contributed by atoms with E-state index in [0.29, 0.717) is 50.7 Å². The summed E-state index contributed by atoms with van der Waals surface area (Å²) in [6, 6.07) is 20.3. The van der Waals surface area contributed by atoms with Crippen LogP contribution in [0, 0.1) is 0 Å². The smallest absolute Gasteiger partial charge is 0.352 e. The lowest BCUT2D eigenvalue weighted by atomic mass is 9.98. The molecule has 10 nitrogen and oxygen atoms in total. The van der Waals surface area contributed by atoms with E-state index in [9.17, 15) is 9.90 Å². The van der Waals surface area contributed by atoms with Crippen LogP contribution in [-0.2, 0) is 38.0 Å². The van der Waals surface area contributed by atoms with Gasteiger partial charge in [-0.3, -0.25) is 4.68 Å². The van der Waals surface area contributed by atoms with Crippen molar-refractivity contribution in [3.63, 3.8) is 0 Å². The van der Waals surface area contributed by atoms with Gasteiger partial charge in [-0.25, -0.2) is 14.8 Å². The minimum atomic E-state index is -0.933. The molecule has 6 aromatic rings. The lowest BCUT2D eigenvalue weighted by Crippen LogP contribution is -2.12. The van der Waals surface area contributed by atoms with Crippen LogP contribution in [0.25, 0.3) is 32.8 Å². The number of ether oxygens (including phenoxy) is 3. The Bertz CT molecular complexity index is 2010.